The predicted molar refractivity (Wildman–Crippen MR) is 74.9 cm³/mol. The lowest BCUT2D eigenvalue weighted by molar-refractivity contribution is -0.148. The van der Waals surface area contributed by atoms with E-state index in [9.17, 15) is 18.3 Å². The third kappa shape index (κ3) is 3.23. The third-order valence-corrected chi connectivity index (χ3v) is 5.29. The van der Waals surface area contributed by atoms with Crippen LogP contribution in [0.4, 0.5) is 0 Å². The van der Waals surface area contributed by atoms with Crippen molar-refractivity contribution in [3.63, 3.8) is 0 Å². The first-order valence-corrected chi connectivity index (χ1v) is 8.11. The Morgan fingerprint density at radius 2 is 2.05 bits per heavy atom. The van der Waals surface area contributed by atoms with Crippen molar-refractivity contribution in [2.75, 3.05) is 6.54 Å². The zero-order valence-electron chi connectivity index (χ0n) is 11.4. The third-order valence-electron chi connectivity index (χ3n) is 3.89. The van der Waals surface area contributed by atoms with Gasteiger partial charge >= 0.3 is 5.97 Å². The summed E-state index contributed by atoms with van der Waals surface area (Å²) in [6, 6.07) is 7.51. The van der Waals surface area contributed by atoms with Gasteiger partial charge in [-0.2, -0.15) is 5.26 Å². The highest BCUT2D eigenvalue weighted by molar-refractivity contribution is 7.89. The van der Waals surface area contributed by atoms with E-state index < -0.39 is 21.4 Å². The molecule has 0 aliphatic heterocycles. The summed E-state index contributed by atoms with van der Waals surface area (Å²) >= 11 is 0. The van der Waals surface area contributed by atoms with Gasteiger partial charge in [0.05, 0.1) is 21.9 Å². The van der Waals surface area contributed by atoms with Gasteiger partial charge in [-0.25, -0.2) is 13.1 Å². The van der Waals surface area contributed by atoms with Crippen molar-refractivity contribution in [3.05, 3.63) is 29.8 Å². The lowest BCUT2D eigenvalue weighted by Gasteiger charge is -2.23. The molecule has 1 fully saturated rings. The molecule has 0 atom stereocenters. The van der Waals surface area contributed by atoms with Gasteiger partial charge in [0, 0.05) is 6.54 Å². The van der Waals surface area contributed by atoms with Crippen molar-refractivity contribution in [1.82, 2.24) is 4.72 Å². The van der Waals surface area contributed by atoms with Crippen LogP contribution in [-0.4, -0.2) is 26.0 Å². The van der Waals surface area contributed by atoms with E-state index >= 15 is 0 Å². The number of nitrogens with one attached hydrogen (secondary N) is 1. The minimum absolute atomic E-state index is 0.0277. The normalized spacial score (nSPS) is 17.3. The van der Waals surface area contributed by atoms with Crippen molar-refractivity contribution in [2.24, 2.45) is 5.41 Å². The molecule has 112 valence electrons. The number of sulfonamides is 1. The number of rotatable bonds is 5. The van der Waals surface area contributed by atoms with Crippen molar-refractivity contribution in [3.8, 4) is 6.07 Å². The van der Waals surface area contributed by atoms with Crippen molar-refractivity contribution in [2.45, 2.75) is 30.6 Å². The smallest absolute Gasteiger partial charge is 0.310 e. The topological polar surface area (TPSA) is 107 Å². The van der Waals surface area contributed by atoms with Gasteiger partial charge in [-0.15, -0.1) is 0 Å². The summed E-state index contributed by atoms with van der Waals surface area (Å²) in [6.45, 7) is -0.124. The number of carboxylic acids is 1. The van der Waals surface area contributed by atoms with Gasteiger partial charge in [0.15, 0.2) is 0 Å². The SMILES string of the molecule is N#Cc1cccc(S(=O)(=O)NCC2(C(=O)O)CCCC2)c1. The summed E-state index contributed by atoms with van der Waals surface area (Å²) in [7, 11) is -3.82. The highest BCUT2D eigenvalue weighted by atomic mass is 32.2. The minimum atomic E-state index is -3.82. The number of hydrogen-bond acceptors (Lipinski definition) is 4. The summed E-state index contributed by atoms with van der Waals surface area (Å²) < 4.78 is 26.8. The highest BCUT2D eigenvalue weighted by Gasteiger charge is 2.42. The Hall–Kier alpha value is -1.91. The van der Waals surface area contributed by atoms with Gasteiger partial charge in [-0.05, 0) is 31.0 Å². The summed E-state index contributed by atoms with van der Waals surface area (Å²) in [5, 5.41) is 18.1. The molecule has 1 saturated carbocycles. The largest absolute Gasteiger partial charge is 0.481 e. The van der Waals surface area contributed by atoms with Crippen molar-refractivity contribution < 1.29 is 18.3 Å². The van der Waals surface area contributed by atoms with Gasteiger partial charge in [0.25, 0.3) is 0 Å². The van der Waals surface area contributed by atoms with Crippen LogP contribution in [0.25, 0.3) is 0 Å². The van der Waals surface area contributed by atoms with Crippen molar-refractivity contribution >= 4 is 16.0 Å². The second kappa shape index (κ2) is 5.84. The lowest BCUT2D eigenvalue weighted by Crippen LogP contribution is -2.41. The van der Waals surface area contributed by atoms with E-state index in [0.29, 0.717) is 12.8 Å². The van der Waals surface area contributed by atoms with E-state index in [1.807, 2.05) is 6.07 Å². The summed E-state index contributed by atoms with van der Waals surface area (Å²) in [6.07, 6.45) is 2.53. The van der Waals surface area contributed by atoms with Gasteiger partial charge in [0.2, 0.25) is 10.0 Å². The average Bonchev–Trinajstić information content (AvgIpc) is 2.96. The molecule has 1 aromatic rings. The molecular formula is C14H16N2O4S. The Balaban J connectivity index is 2.18. The molecule has 0 unspecified atom stereocenters. The van der Waals surface area contributed by atoms with Crippen LogP contribution in [0.3, 0.4) is 0 Å². The first-order chi connectivity index (χ1) is 9.89. The molecule has 0 heterocycles. The molecular weight excluding hydrogens is 292 g/mol. The van der Waals surface area contributed by atoms with Crippen LogP contribution in [-0.2, 0) is 14.8 Å². The quantitative estimate of drug-likeness (QED) is 0.856. The molecule has 0 aromatic heterocycles. The molecule has 2 N–H and O–H groups in total. The summed E-state index contributed by atoms with van der Waals surface area (Å²) in [4.78, 5) is 11.4. The fourth-order valence-corrected chi connectivity index (χ4v) is 3.74. The Kier molecular flexibility index (Phi) is 4.30. The maximum absolute atomic E-state index is 12.2. The number of hydrogen-bond donors (Lipinski definition) is 2. The van der Waals surface area contributed by atoms with Crippen LogP contribution in [0.2, 0.25) is 0 Å². The van der Waals surface area contributed by atoms with E-state index in [-0.39, 0.29) is 17.0 Å². The van der Waals surface area contributed by atoms with Gasteiger partial charge in [-0.1, -0.05) is 18.9 Å². The van der Waals surface area contributed by atoms with E-state index in [4.69, 9.17) is 5.26 Å². The second-order valence-electron chi connectivity index (χ2n) is 5.26. The molecule has 0 radical (unpaired) electrons. The van der Waals surface area contributed by atoms with Crippen LogP contribution in [0.15, 0.2) is 29.2 Å². The molecule has 0 spiro atoms. The van der Waals surface area contributed by atoms with E-state index in [1.54, 1.807) is 0 Å². The molecule has 2 rings (SSSR count). The Morgan fingerprint density at radius 3 is 2.62 bits per heavy atom. The second-order valence-corrected chi connectivity index (χ2v) is 7.02. The number of nitriles is 1. The zero-order valence-corrected chi connectivity index (χ0v) is 12.2. The monoisotopic (exact) mass is 308 g/mol. The van der Waals surface area contributed by atoms with Crippen LogP contribution < -0.4 is 4.72 Å². The molecule has 0 bridgehead atoms. The summed E-state index contributed by atoms with van der Waals surface area (Å²) in [5.41, 5.74) is -0.772. The Morgan fingerprint density at radius 1 is 1.38 bits per heavy atom. The minimum Gasteiger partial charge on any atom is -0.481 e. The predicted octanol–water partition coefficient (Wildman–Crippen LogP) is 1.48. The zero-order chi connectivity index (χ0) is 15.5. The number of nitrogens with zero attached hydrogens (tertiary/aromatic N) is 1. The molecule has 0 amide bonds. The average molecular weight is 308 g/mol. The van der Waals surface area contributed by atoms with Crippen molar-refractivity contribution in [1.29, 1.82) is 5.26 Å². The first-order valence-electron chi connectivity index (χ1n) is 6.63. The Labute approximate surface area is 123 Å². The molecule has 6 nitrogen and oxygen atoms in total. The molecule has 1 aliphatic carbocycles. The lowest BCUT2D eigenvalue weighted by atomic mass is 9.87. The van der Waals surface area contributed by atoms with Gasteiger partial charge in [0.1, 0.15) is 0 Å². The van der Waals surface area contributed by atoms with Gasteiger partial charge in [-0.3, -0.25) is 4.79 Å². The highest BCUT2D eigenvalue weighted by Crippen LogP contribution is 2.38. The Bertz CT molecular complexity index is 685. The van der Waals surface area contributed by atoms with E-state index in [0.717, 1.165) is 12.8 Å². The van der Waals surface area contributed by atoms with Crippen LogP contribution >= 0.6 is 0 Å². The molecule has 1 aliphatic rings. The summed E-state index contributed by atoms with van der Waals surface area (Å²) in [5.74, 6) is -0.964. The number of carbonyl (C=O) groups is 1. The van der Waals surface area contributed by atoms with Crippen LogP contribution in [0.5, 0.6) is 0 Å². The van der Waals surface area contributed by atoms with Crippen LogP contribution in [0.1, 0.15) is 31.2 Å². The van der Waals surface area contributed by atoms with E-state index in [1.165, 1.54) is 24.3 Å². The fourth-order valence-electron chi connectivity index (χ4n) is 2.57. The standard InChI is InChI=1S/C14H16N2O4S/c15-9-11-4-3-5-12(8-11)21(19,20)16-10-14(13(17)18)6-1-2-7-14/h3-5,8,16H,1-2,6-7,10H2,(H,17,18). The first kappa shape index (κ1) is 15.5. The number of aliphatic carboxylic acids is 1. The number of benzene rings is 1. The maximum atomic E-state index is 12.2. The maximum Gasteiger partial charge on any atom is 0.310 e. The number of carboxylic acid groups (broad SMARTS) is 1. The molecule has 7 heteroatoms. The van der Waals surface area contributed by atoms with E-state index in [2.05, 4.69) is 4.72 Å². The fraction of sp³-hybridized carbons (Fsp3) is 0.429. The molecule has 21 heavy (non-hydrogen) atoms. The van der Waals surface area contributed by atoms with Gasteiger partial charge < -0.3 is 5.11 Å². The molecule has 1 aromatic carbocycles. The van der Waals surface area contributed by atoms with Crippen LogP contribution in [0, 0.1) is 16.7 Å². The molecule has 0 saturated heterocycles.